The van der Waals surface area contributed by atoms with Crippen molar-refractivity contribution < 1.29 is 15.1 Å². The minimum Gasteiger partial charge on any atom is -0.361 e. The Labute approximate surface area is 112 Å². The van der Waals surface area contributed by atoms with Crippen molar-refractivity contribution in [2.75, 3.05) is 6.61 Å². The van der Waals surface area contributed by atoms with Crippen LogP contribution < -0.4 is 0 Å². The number of hydrogen-bond acceptors (Lipinski definition) is 4. The first kappa shape index (κ1) is 13.8. The van der Waals surface area contributed by atoms with Crippen LogP contribution in [0.15, 0.2) is 24.3 Å². The number of aliphatic hydroxyl groups is 1. The van der Waals surface area contributed by atoms with Crippen LogP contribution in [0.1, 0.15) is 26.3 Å². The second-order valence-electron chi connectivity index (χ2n) is 5.33. The van der Waals surface area contributed by atoms with Crippen LogP contribution in [0.25, 0.3) is 0 Å². The zero-order chi connectivity index (χ0) is 13.6. The van der Waals surface area contributed by atoms with Crippen LogP contribution in [0.3, 0.4) is 0 Å². The number of hydroxylamine groups is 2. The summed E-state index contributed by atoms with van der Waals surface area (Å²) in [5.41, 5.74) is 0.00146. The zero-order valence-corrected chi connectivity index (χ0v) is 11.5. The number of morpholine rings is 1. The molecule has 0 aromatic heterocycles. The van der Waals surface area contributed by atoms with Gasteiger partial charge in [0, 0.05) is 10.6 Å². The first-order valence-corrected chi connectivity index (χ1v) is 6.26. The molecule has 2 N–H and O–H groups in total. The molecular weight excluding hydrogens is 254 g/mol. The molecule has 1 aliphatic rings. The Balaban J connectivity index is 2.38. The fourth-order valence-electron chi connectivity index (χ4n) is 2.20. The van der Waals surface area contributed by atoms with E-state index in [1.54, 1.807) is 31.2 Å². The van der Waals surface area contributed by atoms with E-state index in [2.05, 4.69) is 0 Å². The third kappa shape index (κ3) is 2.15. The Morgan fingerprint density at radius 1 is 1.44 bits per heavy atom. The molecule has 1 aromatic carbocycles. The summed E-state index contributed by atoms with van der Waals surface area (Å²) in [6, 6.07) is 6.24. The fourth-order valence-corrected chi connectivity index (χ4v) is 2.39. The Kier molecular flexibility index (Phi) is 3.42. The molecule has 1 fully saturated rings. The first-order valence-electron chi connectivity index (χ1n) is 5.88. The molecule has 2 atom stereocenters. The highest BCUT2D eigenvalue weighted by molar-refractivity contribution is 6.30. The fraction of sp³-hybridized carbons (Fsp3) is 0.538. The zero-order valence-electron chi connectivity index (χ0n) is 10.7. The van der Waals surface area contributed by atoms with Crippen LogP contribution in [-0.4, -0.2) is 33.6 Å². The monoisotopic (exact) mass is 271 g/mol. The normalized spacial score (nSPS) is 32.4. The minimum absolute atomic E-state index is 0.219. The summed E-state index contributed by atoms with van der Waals surface area (Å²) < 4.78 is 5.60. The van der Waals surface area contributed by atoms with Gasteiger partial charge in [0.05, 0.1) is 18.2 Å². The molecular formula is C13H18ClNO3. The Morgan fingerprint density at radius 3 is 2.72 bits per heavy atom. The third-order valence-electron chi connectivity index (χ3n) is 3.44. The van der Waals surface area contributed by atoms with E-state index in [9.17, 15) is 10.3 Å². The van der Waals surface area contributed by atoms with Crippen LogP contribution in [0, 0.1) is 0 Å². The number of halogens is 1. The Bertz CT molecular complexity index is 452. The molecule has 100 valence electrons. The van der Waals surface area contributed by atoms with Gasteiger partial charge in [-0.3, -0.25) is 0 Å². The van der Waals surface area contributed by atoms with E-state index in [4.69, 9.17) is 16.3 Å². The van der Waals surface area contributed by atoms with Gasteiger partial charge < -0.3 is 15.1 Å². The number of hydrogen-bond donors (Lipinski definition) is 2. The lowest BCUT2D eigenvalue weighted by Crippen LogP contribution is -2.63. The molecule has 0 spiro atoms. The van der Waals surface area contributed by atoms with Crippen LogP contribution in [-0.2, 0) is 10.5 Å². The van der Waals surface area contributed by atoms with Crippen LogP contribution >= 0.6 is 11.6 Å². The standard InChI is InChI=1S/C13H18ClNO3/c1-9-13(16,10-5-4-6-11(14)7-10)18-8-12(2,3)15(9)17/h4-7,9,16-17H,8H2,1-3H3/t9-,13-/m0/s1. The highest BCUT2D eigenvalue weighted by Gasteiger charge is 2.50. The van der Waals surface area contributed by atoms with Gasteiger partial charge in [-0.15, -0.1) is 0 Å². The lowest BCUT2D eigenvalue weighted by molar-refractivity contribution is -0.363. The summed E-state index contributed by atoms with van der Waals surface area (Å²) in [4.78, 5) is 0. The predicted molar refractivity (Wildman–Crippen MR) is 68.5 cm³/mol. The molecule has 0 amide bonds. The predicted octanol–water partition coefficient (Wildman–Crippen LogP) is 2.37. The van der Waals surface area contributed by atoms with Crippen molar-refractivity contribution >= 4 is 11.6 Å². The molecule has 5 heteroatoms. The number of ether oxygens (including phenoxy) is 1. The van der Waals surface area contributed by atoms with Crippen LogP contribution in [0.2, 0.25) is 5.02 Å². The average Bonchev–Trinajstić information content (AvgIpc) is 2.32. The van der Waals surface area contributed by atoms with Crippen molar-refractivity contribution in [3.05, 3.63) is 34.9 Å². The van der Waals surface area contributed by atoms with Gasteiger partial charge in [0.1, 0.15) is 0 Å². The van der Waals surface area contributed by atoms with Gasteiger partial charge in [-0.1, -0.05) is 23.7 Å². The lowest BCUT2D eigenvalue weighted by atomic mass is 9.92. The van der Waals surface area contributed by atoms with E-state index in [-0.39, 0.29) is 6.61 Å². The molecule has 0 bridgehead atoms. The smallest absolute Gasteiger partial charge is 0.210 e. The molecule has 4 nitrogen and oxygen atoms in total. The Hall–Kier alpha value is -0.650. The minimum atomic E-state index is -1.56. The maximum atomic E-state index is 10.7. The second kappa shape index (κ2) is 4.47. The maximum Gasteiger partial charge on any atom is 0.210 e. The quantitative estimate of drug-likeness (QED) is 0.823. The molecule has 2 rings (SSSR count). The number of benzene rings is 1. The van der Waals surface area contributed by atoms with Gasteiger partial charge in [0.2, 0.25) is 5.79 Å². The summed E-state index contributed by atoms with van der Waals surface area (Å²) >= 11 is 5.92. The lowest BCUT2D eigenvalue weighted by Gasteiger charge is -2.50. The number of rotatable bonds is 1. The maximum absolute atomic E-state index is 10.7. The summed E-state index contributed by atoms with van der Waals surface area (Å²) in [5.74, 6) is -1.56. The van der Waals surface area contributed by atoms with Crippen molar-refractivity contribution in [2.45, 2.75) is 38.1 Å². The largest absolute Gasteiger partial charge is 0.361 e. The molecule has 0 radical (unpaired) electrons. The van der Waals surface area contributed by atoms with E-state index in [1.807, 2.05) is 13.8 Å². The van der Waals surface area contributed by atoms with Gasteiger partial charge >= 0.3 is 0 Å². The highest BCUT2D eigenvalue weighted by atomic mass is 35.5. The summed E-state index contributed by atoms with van der Waals surface area (Å²) in [6.07, 6.45) is 0. The van der Waals surface area contributed by atoms with Gasteiger partial charge in [-0.25, -0.2) is 0 Å². The molecule has 1 saturated heterocycles. The van der Waals surface area contributed by atoms with Gasteiger partial charge in [-0.05, 0) is 32.9 Å². The van der Waals surface area contributed by atoms with E-state index >= 15 is 0 Å². The van der Waals surface area contributed by atoms with Gasteiger partial charge in [0.25, 0.3) is 0 Å². The summed E-state index contributed by atoms with van der Waals surface area (Å²) in [5, 5.41) is 22.4. The van der Waals surface area contributed by atoms with Gasteiger partial charge in [0.15, 0.2) is 0 Å². The van der Waals surface area contributed by atoms with Crippen molar-refractivity contribution in [3.8, 4) is 0 Å². The van der Waals surface area contributed by atoms with Crippen molar-refractivity contribution in [3.63, 3.8) is 0 Å². The SMILES string of the molecule is C[C@@H]1N(O)C(C)(C)CO[C@]1(O)c1cccc(Cl)c1. The molecule has 0 aliphatic carbocycles. The molecule has 1 aliphatic heterocycles. The average molecular weight is 272 g/mol. The second-order valence-corrected chi connectivity index (χ2v) is 5.76. The first-order chi connectivity index (χ1) is 8.27. The van der Waals surface area contributed by atoms with Crippen LogP contribution in [0.4, 0.5) is 0 Å². The highest BCUT2D eigenvalue weighted by Crippen LogP contribution is 2.38. The summed E-state index contributed by atoms with van der Waals surface area (Å²) in [7, 11) is 0. The van der Waals surface area contributed by atoms with E-state index < -0.39 is 17.4 Å². The van der Waals surface area contributed by atoms with E-state index in [1.165, 1.54) is 0 Å². The summed E-state index contributed by atoms with van der Waals surface area (Å²) in [6.45, 7) is 5.63. The third-order valence-corrected chi connectivity index (χ3v) is 3.67. The Morgan fingerprint density at radius 2 is 2.11 bits per heavy atom. The molecule has 0 saturated carbocycles. The molecule has 1 heterocycles. The molecule has 0 unspecified atom stereocenters. The molecule has 1 aromatic rings. The van der Waals surface area contributed by atoms with Crippen molar-refractivity contribution in [1.29, 1.82) is 0 Å². The number of nitrogens with zero attached hydrogens (tertiary/aromatic N) is 1. The van der Waals surface area contributed by atoms with Gasteiger partial charge in [-0.2, -0.15) is 5.06 Å². The topological polar surface area (TPSA) is 52.9 Å². The van der Waals surface area contributed by atoms with E-state index in [0.717, 1.165) is 5.06 Å². The van der Waals surface area contributed by atoms with Crippen molar-refractivity contribution in [2.24, 2.45) is 0 Å². The molecule has 18 heavy (non-hydrogen) atoms. The van der Waals surface area contributed by atoms with Crippen molar-refractivity contribution in [1.82, 2.24) is 5.06 Å². The van der Waals surface area contributed by atoms with Crippen LogP contribution in [0.5, 0.6) is 0 Å². The van der Waals surface area contributed by atoms with E-state index in [0.29, 0.717) is 10.6 Å².